The van der Waals surface area contributed by atoms with Crippen LogP contribution in [0.1, 0.15) is 17.5 Å². The minimum absolute atomic E-state index is 0.413. The normalized spacial score (nSPS) is 10.7. The molecule has 3 nitrogen and oxygen atoms in total. The van der Waals surface area contributed by atoms with Crippen LogP contribution in [0.25, 0.3) is 0 Å². The van der Waals surface area contributed by atoms with E-state index in [0.29, 0.717) is 16.7 Å². The molecular weight excluding hydrogens is 333 g/mol. The fraction of sp³-hybridized carbons (Fsp3) is 0.333. The zero-order chi connectivity index (χ0) is 16.5. The fourth-order valence-electron chi connectivity index (χ4n) is 2.15. The van der Waals surface area contributed by atoms with Gasteiger partial charge in [0.1, 0.15) is 12.4 Å². The van der Waals surface area contributed by atoms with Crippen LogP contribution in [0.5, 0.6) is 5.75 Å². The van der Waals surface area contributed by atoms with E-state index in [1.807, 2.05) is 30.3 Å². The molecule has 5 heteroatoms. The van der Waals surface area contributed by atoms with Gasteiger partial charge in [-0.2, -0.15) is 0 Å². The van der Waals surface area contributed by atoms with E-state index in [0.717, 1.165) is 43.0 Å². The second-order valence-corrected chi connectivity index (χ2v) is 6.00. The number of rotatable bonds is 9. The summed E-state index contributed by atoms with van der Waals surface area (Å²) in [6.07, 6.45) is 0.986. The molecule has 0 atom stereocenters. The van der Waals surface area contributed by atoms with Gasteiger partial charge in [-0.3, -0.25) is 0 Å². The van der Waals surface area contributed by atoms with Gasteiger partial charge in [-0.05, 0) is 31.2 Å². The van der Waals surface area contributed by atoms with Gasteiger partial charge in [0.25, 0.3) is 0 Å². The van der Waals surface area contributed by atoms with Crippen molar-refractivity contribution in [3.05, 3.63) is 63.6 Å². The molecule has 2 aromatic carbocycles. The lowest BCUT2D eigenvalue weighted by atomic mass is 10.2. The lowest BCUT2D eigenvalue weighted by Gasteiger charge is -2.13. The molecule has 124 valence electrons. The van der Waals surface area contributed by atoms with Crippen LogP contribution in [-0.2, 0) is 17.9 Å². The molecule has 0 bridgehead atoms. The number of nitrogens with one attached hydrogen (secondary N) is 1. The first-order valence-electron chi connectivity index (χ1n) is 7.55. The van der Waals surface area contributed by atoms with Crippen LogP contribution in [0, 0.1) is 0 Å². The molecule has 2 rings (SSSR count). The fourth-order valence-corrected chi connectivity index (χ4v) is 2.61. The van der Waals surface area contributed by atoms with Crippen molar-refractivity contribution in [2.75, 3.05) is 20.3 Å². The van der Waals surface area contributed by atoms with Crippen LogP contribution >= 0.6 is 23.2 Å². The summed E-state index contributed by atoms with van der Waals surface area (Å²) in [6.45, 7) is 2.84. The topological polar surface area (TPSA) is 30.5 Å². The summed E-state index contributed by atoms with van der Waals surface area (Å²) in [7, 11) is 1.71. The van der Waals surface area contributed by atoms with Gasteiger partial charge in [0.2, 0.25) is 0 Å². The molecule has 0 aromatic heterocycles. The van der Waals surface area contributed by atoms with Gasteiger partial charge in [0.05, 0.1) is 0 Å². The first-order chi connectivity index (χ1) is 11.2. The maximum absolute atomic E-state index is 6.18. The second kappa shape index (κ2) is 9.78. The summed E-state index contributed by atoms with van der Waals surface area (Å²) in [4.78, 5) is 0. The molecule has 0 spiro atoms. The van der Waals surface area contributed by atoms with Crippen LogP contribution in [0.15, 0.2) is 42.5 Å². The zero-order valence-corrected chi connectivity index (χ0v) is 14.7. The highest BCUT2D eigenvalue weighted by Gasteiger charge is 2.06. The first-order valence-corrected chi connectivity index (χ1v) is 8.30. The predicted molar refractivity (Wildman–Crippen MR) is 95.4 cm³/mol. The Balaban J connectivity index is 1.92. The summed E-state index contributed by atoms with van der Waals surface area (Å²) in [5, 5.41) is 4.63. The Morgan fingerprint density at radius 2 is 1.87 bits per heavy atom. The van der Waals surface area contributed by atoms with Gasteiger partial charge < -0.3 is 14.8 Å². The van der Waals surface area contributed by atoms with Crippen molar-refractivity contribution in [3.8, 4) is 5.75 Å². The molecule has 0 unspecified atom stereocenters. The third-order valence-corrected chi connectivity index (χ3v) is 3.98. The largest absolute Gasteiger partial charge is 0.489 e. The van der Waals surface area contributed by atoms with Crippen LogP contribution in [0.3, 0.4) is 0 Å². The number of hydrogen-bond donors (Lipinski definition) is 1. The molecule has 0 amide bonds. The number of halogens is 2. The molecule has 0 aliphatic carbocycles. The number of methoxy groups -OCH3 is 1. The molecule has 0 fully saturated rings. The van der Waals surface area contributed by atoms with E-state index in [1.54, 1.807) is 13.2 Å². The Bertz CT molecular complexity index is 620. The van der Waals surface area contributed by atoms with Crippen molar-refractivity contribution >= 4 is 23.2 Å². The maximum Gasteiger partial charge on any atom is 0.124 e. The van der Waals surface area contributed by atoms with Gasteiger partial charge in [0.15, 0.2) is 0 Å². The zero-order valence-electron chi connectivity index (χ0n) is 13.1. The smallest absolute Gasteiger partial charge is 0.124 e. The van der Waals surface area contributed by atoms with Gasteiger partial charge in [0, 0.05) is 41.4 Å². The van der Waals surface area contributed by atoms with Crippen LogP contribution in [-0.4, -0.2) is 20.3 Å². The number of benzene rings is 2. The van der Waals surface area contributed by atoms with Crippen LogP contribution < -0.4 is 10.1 Å². The highest BCUT2D eigenvalue weighted by atomic mass is 35.5. The lowest BCUT2D eigenvalue weighted by Crippen LogP contribution is -2.16. The summed E-state index contributed by atoms with van der Waals surface area (Å²) < 4.78 is 11.0. The second-order valence-electron chi connectivity index (χ2n) is 5.16. The van der Waals surface area contributed by atoms with E-state index in [4.69, 9.17) is 32.7 Å². The Kier molecular flexibility index (Phi) is 7.69. The van der Waals surface area contributed by atoms with E-state index in [-0.39, 0.29) is 0 Å². The number of para-hydroxylation sites is 1. The summed E-state index contributed by atoms with van der Waals surface area (Å²) in [6, 6.07) is 13.4. The molecule has 0 heterocycles. The molecular formula is C18H21Cl2NO2. The summed E-state index contributed by atoms with van der Waals surface area (Å²) in [5.74, 6) is 0.859. The van der Waals surface area contributed by atoms with E-state index < -0.39 is 0 Å². The van der Waals surface area contributed by atoms with E-state index in [9.17, 15) is 0 Å². The SMILES string of the molecule is COCCCNCc1ccccc1OCc1ccc(Cl)cc1Cl. The molecule has 23 heavy (non-hydrogen) atoms. The first kappa shape index (κ1) is 18.1. The summed E-state index contributed by atoms with van der Waals surface area (Å²) in [5.41, 5.74) is 2.04. The average molecular weight is 354 g/mol. The molecule has 0 saturated carbocycles. The third-order valence-electron chi connectivity index (χ3n) is 3.39. The molecule has 0 aliphatic rings. The minimum atomic E-state index is 0.413. The van der Waals surface area contributed by atoms with Crippen molar-refractivity contribution in [2.45, 2.75) is 19.6 Å². The Labute approximate surface area is 147 Å². The van der Waals surface area contributed by atoms with E-state index in [1.165, 1.54) is 0 Å². The van der Waals surface area contributed by atoms with Crippen molar-refractivity contribution < 1.29 is 9.47 Å². The number of ether oxygens (including phenoxy) is 2. The third kappa shape index (κ3) is 6.04. The summed E-state index contributed by atoms with van der Waals surface area (Å²) >= 11 is 12.1. The monoisotopic (exact) mass is 353 g/mol. The molecule has 0 radical (unpaired) electrons. The number of hydrogen-bond acceptors (Lipinski definition) is 3. The van der Waals surface area contributed by atoms with E-state index in [2.05, 4.69) is 11.4 Å². The average Bonchev–Trinajstić information content (AvgIpc) is 2.55. The highest BCUT2D eigenvalue weighted by molar-refractivity contribution is 6.35. The van der Waals surface area contributed by atoms with Gasteiger partial charge >= 0.3 is 0 Å². The van der Waals surface area contributed by atoms with Crippen molar-refractivity contribution in [2.24, 2.45) is 0 Å². The molecule has 0 saturated heterocycles. The van der Waals surface area contributed by atoms with Crippen molar-refractivity contribution in [3.63, 3.8) is 0 Å². The standard InChI is InChI=1S/C18H21Cl2NO2/c1-22-10-4-9-21-12-14-5-2-3-6-18(14)23-13-15-7-8-16(19)11-17(15)20/h2-3,5-8,11,21H,4,9-10,12-13H2,1H3. The Morgan fingerprint density at radius 3 is 2.65 bits per heavy atom. The molecule has 2 aromatic rings. The Morgan fingerprint density at radius 1 is 1.04 bits per heavy atom. The highest BCUT2D eigenvalue weighted by Crippen LogP contribution is 2.24. The van der Waals surface area contributed by atoms with Crippen molar-refractivity contribution in [1.82, 2.24) is 5.32 Å². The van der Waals surface area contributed by atoms with Crippen LogP contribution in [0.4, 0.5) is 0 Å². The van der Waals surface area contributed by atoms with Gasteiger partial charge in [-0.25, -0.2) is 0 Å². The molecule has 1 N–H and O–H groups in total. The minimum Gasteiger partial charge on any atom is -0.489 e. The van der Waals surface area contributed by atoms with E-state index >= 15 is 0 Å². The lowest BCUT2D eigenvalue weighted by molar-refractivity contribution is 0.194. The van der Waals surface area contributed by atoms with Crippen LogP contribution in [0.2, 0.25) is 10.0 Å². The quantitative estimate of drug-likeness (QED) is 0.662. The van der Waals surface area contributed by atoms with Gasteiger partial charge in [-0.15, -0.1) is 0 Å². The Hall–Kier alpha value is -1.26. The predicted octanol–water partition coefficient (Wildman–Crippen LogP) is 4.70. The molecule has 0 aliphatic heterocycles. The van der Waals surface area contributed by atoms with Gasteiger partial charge in [-0.1, -0.05) is 47.5 Å². The maximum atomic E-state index is 6.18. The van der Waals surface area contributed by atoms with Crippen molar-refractivity contribution in [1.29, 1.82) is 0 Å².